The first kappa shape index (κ1) is 22.2. The van der Waals surface area contributed by atoms with Crippen LogP contribution in [0.25, 0.3) is 0 Å². The second-order valence-electron chi connectivity index (χ2n) is 12.2. The van der Waals surface area contributed by atoms with Crippen LogP contribution in [0.1, 0.15) is 82.1 Å². The predicted molar refractivity (Wildman–Crippen MR) is 115 cm³/mol. The van der Waals surface area contributed by atoms with Crippen molar-refractivity contribution in [2.75, 3.05) is 39.3 Å². The van der Waals surface area contributed by atoms with Gasteiger partial charge in [-0.15, -0.1) is 0 Å². The monoisotopic (exact) mass is 365 g/mol. The van der Waals surface area contributed by atoms with Gasteiger partial charge in [0.25, 0.3) is 0 Å². The van der Waals surface area contributed by atoms with Crippen LogP contribution in [0.4, 0.5) is 0 Å². The van der Waals surface area contributed by atoms with Crippen LogP contribution in [-0.2, 0) is 0 Å². The molecule has 2 rings (SSSR count). The van der Waals surface area contributed by atoms with Crippen LogP contribution >= 0.6 is 0 Å². The third-order valence-corrected chi connectivity index (χ3v) is 7.40. The van der Waals surface area contributed by atoms with E-state index in [-0.39, 0.29) is 0 Å². The average molecular weight is 366 g/mol. The Morgan fingerprint density at radius 2 is 1.00 bits per heavy atom. The first-order valence-corrected chi connectivity index (χ1v) is 10.9. The third kappa shape index (κ3) is 5.23. The molecule has 0 bridgehead atoms. The minimum atomic E-state index is 0.307. The zero-order valence-electron chi connectivity index (χ0n) is 19.6. The van der Waals surface area contributed by atoms with Crippen molar-refractivity contribution in [2.24, 2.45) is 11.3 Å². The van der Waals surface area contributed by atoms with E-state index in [4.69, 9.17) is 0 Å². The summed E-state index contributed by atoms with van der Waals surface area (Å²) in [6.45, 7) is 31.4. The Morgan fingerprint density at radius 1 is 0.577 bits per heavy atom. The van der Waals surface area contributed by atoms with Crippen molar-refractivity contribution in [1.29, 1.82) is 0 Å². The minimum absolute atomic E-state index is 0.307. The summed E-state index contributed by atoms with van der Waals surface area (Å²) >= 11 is 0. The molecular weight excluding hydrogens is 318 g/mol. The molecule has 0 unspecified atom stereocenters. The van der Waals surface area contributed by atoms with Crippen LogP contribution < -0.4 is 0 Å². The lowest BCUT2D eigenvalue weighted by atomic mass is 9.69. The molecule has 0 aromatic rings. The maximum absolute atomic E-state index is 2.74. The van der Waals surface area contributed by atoms with Crippen LogP contribution in [0.2, 0.25) is 0 Å². The summed E-state index contributed by atoms with van der Waals surface area (Å²) in [4.78, 5) is 8.02. The first-order valence-electron chi connectivity index (χ1n) is 10.9. The van der Waals surface area contributed by atoms with Gasteiger partial charge >= 0.3 is 0 Å². The molecule has 2 aliphatic heterocycles. The van der Waals surface area contributed by atoms with E-state index in [0.29, 0.717) is 22.0 Å². The molecular formula is C23H47N3. The van der Waals surface area contributed by atoms with Crippen LogP contribution in [0.5, 0.6) is 0 Å². The zero-order valence-corrected chi connectivity index (χ0v) is 19.6. The summed E-state index contributed by atoms with van der Waals surface area (Å²) in [5.41, 5.74) is 1.40. The molecule has 0 saturated carbocycles. The molecule has 26 heavy (non-hydrogen) atoms. The van der Waals surface area contributed by atoms with E-state index in [1.807, 2.05) is 0 Å². The van der Waals surface area contributed by atoms with Gasteiger partial charge in [0.15, 0.2) is 0 Å². The SMILES string of the molecule is CC(C)(CCC(C)(C)N1CCN(C(C)(C)C)CC1)C1CN(C(C)(C)C)C1. The summed E-state index contributed by atoms with van der Waals surface area (Å²) in [5.74, 6) is 0.857. The second-order valence-corrected chi connectivity index (χ2v) is 12.2. The second kappa shape index (κ2) is 7.37. The summed E-state index contributed by atoms with van der Waals surface area (Å²) < 4.78 is 0. The Morgan fingerprint density at radius 3 is 1.42 bits per heavy atom. The van der Waals surface area contributed by atoms with Gasteiger partial charge < -0.3 is 0 Å². The molecule has 0 amide bonds. The largest absolute Gasteiger partial charge is 0.298 e. The fraction of sp³-hybridized carbons (Fsp3) is 1.00. The highest BCUT2D eigenvalue weighted by molar-refractivity contribution is 4.97. The molecule has 0 aromatic heterocycles. The molecule has 2 aliphatic rings. The normalized spacial score (nSPS) is 23.3. The van der Waals surface area contributed by atoms with Crippen molar-refractivity contribution in [3.63, 3.8) is 0 Å². The third-order valence-electron chi connectivity index (χ3n) is 7.40. The van der Waals surface area contributed by atoms with E-state index in [9.17, 15) is 0 Å². The highest BCUT2D eigenvalue weighted by Crippen LogP contribution is 2.42. The molecule has 2 saturated heterocycles. The highest BCUT2D eigenvalue weighted by Gasteiger charge is 2.43. The van der Waals surface area contributed by atoms with Crippen molar-refractivity contribution in [2.45, 2.75) is 98.7 Å². The van der Waals surface area contributed by atoms with Crippen molar-refractivity contribution in [1.82, 2.24) is 14.7 Å². The van der Waals surface area contributed by atoms with Gasteiger partial charge in [-0.1, -0.05) is 13.8 Å². The summed E-state index contributed by atoms with van der Waals surface area (Å²) in [6.07, 6.45) is 2.64. The van der Waals surface area contributed by atoms with Gasteiger partial charge in [0, 0.05) is 55.9 Å². The Hall–Kier alpha value is -0.120. The van der Waals surface area contributed by atoms with Gasteiger partial charge in [-0.2, -0.15) is 0 Å². The van der Waals surface area contributed by atoms with E-state index >= 15 is 0 Å². The Kier molecular flexibility index (Phi) is 6.28. The fourth-order valence-corrected chi connectivity index (χ4v) is 4.49. The summed E-state index contributed by atoms with van der Waals surface area (Å²) in [7, 11) is 0. The molecule has 0 aromatic carbocycles. The van der Waals surface area contributed by atoms with Crippen molar-refractivity contribution in [3.05, 3.63) is 0 Å². The van der Waals surface area contributed by atoms with Gasteiger partial charge in [-0.25, -0.2) is 0 Å². The fourth-order valence-electron chi connectivity index (χ4n) is 4.49. The molecule has 154 valence electrons. The molecule has 0 atom stereocenters. The smallest absolute Gasteiger partial charge is 0.0154 e. The molecule has 0 radical (unpaired) electrons. The van der Waals surface area contributed by atoms with Gasteiger partial charge in [0.1, 0.15) is 0 Å². The molecule has 3 nitrogen and oxygen atoms in total. The Labute approximate surface area is 164 Å². The van der Waals surface area contributed by atoms with Crippen molar-refractivity contribution in [3.8, 4) is 0 Å². The number of nitrogens with zero attached hydrogens (tertiary/aromatic N) is 3. The van der Waals surface area contributed by atoms with E-state index in [1.165, 1.54) is 52.1 Å². The Balaban J connectivity index is 1.82. The van der Waals surface area contributed by atoms with E-state index in [0.717, 1.165) is 5.92 Å². The van der Waals surface area contributed by atoms with Gasteiger partial charge in [-0.05, 0) is 79.6 Å². The first-order chi connectivity index (χ1) is 11.6. The number of piperazine rings is 1. The van der Waals surface area contributed by atoms with Crippen LogP contribution in [0.15, 0.2) is 0 Å². The lowest BCUT2D eigenvalue weighted by Gasteiger charge is -2.54. The zero-order chi connectivity index (χ0) is 20.0. The van der Waals surface area contributed by atoms with Crippen molar-refractivity contribution >= 4 is 0 Å². The van der Waals surface area contributed by atoms with Crippen LogP contribution in [0, 0.1) is 11.3 Å². The molecule has 0 spiro atoms. The maximum atomic E-state index is 2.74. The van der Waals surface area contributed by atoms with Crippen LogP contribution in [0.3, 0.4) is 0 Å². The molecule has 0 aliphatic carbocycles. The number of hydrogen-bond acceptors (Lipinski definition) is 3. The van der Waals surface area contributed by atoms with Gasteiger partial charge in [0.2, 0.25) is 0 Å². The van der Waals surface area contributed by atoms with Gasteiger partial charge in [0.05, 0.1) is 0 Å². The molecule has 2 fully saturated rings. The predicted octanol–water partition coefficient (Wildman–Crippen LogP) is 4.72. The lowest BCUT2D eigenvalue weighted by Crippen LogP contribution is -2.60. The number of likely N-dealkylation sites (tertiary alicyclic amines) is 1. The number of rotatable bonds is 5. The van der Waals surface area contributed by atoms with Gasteiger partial charge in [-0.3, -0.25) is 14.7 Å². The summed E-state index contributed by atoms with van der Waals surface area (Å²) in [5, 5.41) is 0. The van der Waals surface area contributed by atoms with E-state index < -0.39 is 0 Å². The highest BCUT2D eigenvalue weighted by atomic mass is 15.3. The van der Waals surface area contributed by atoms with E-state index in [2.05, 4.69) is 83.9 Å². The topological polar surface area (TPSA) is 9.72 Å². The average Bonchev–Trinajstić information content (AvgIpc) is 2.41. The molecule has 0 N–H and O–H groups in total. The summed E-state index contributed by atoms with van der Waals surface area (Å²) in [6, 6.07) is 0. The maximum Gasteiger partial charge on any atom is 0.0154 e. The Bertz CT molecular complexity index is 453. The standard InChI is InChI=1S/C23H47N3/c1-20(2,3)24-13-15-25(16-14-24)23(9,10)12-11-22(7,8)19-17-26(18-19)21(4,5)6/h19H,11-18H2,1-10H3. The quantitative estimate of drug-likeness (QED) is 0.698. The van der Waals surface area contributed by atoms with Crippen molar-refractivity contribution < 1.29 is 0 Å². The van der Waals surface area contributed by atoms with Crippen LogP contribution in [-0.4, -0.2) is 70.6 Å². The lowest BCUT2D eigenvalue weighted by molar-refractivity contribution is -0.0510. The minimum Gasteiger partial charge on any atom is -0.298 e. The molecule has 3 heteroatoms. The molecule has 2 heterocycles. The number of hydrogen-bond donors (Lipinski definition) is 0. The van der Waals surface area contributed by atoms with E-state index in [1.54, 1.807) is 0 Å².